The van der Waals surface area contributed by atoms with Crippen molar-refractivity contribution >= 4 is 29.1 Å². The molecule has 0 bridgehead atoms. The van der Waals surface area contributed by atoms with E-state index in [1.54, 1.807) is 18.2 Å². The summed E-state index contributed by atoms with van der Waals surface area (Å²) in [5.41, 5.74) is 2.17. The van der Waals surface area contributed by atoms with E-state index in [1.165, 1.54) is 12.3 Å². The Morgan fingerprint density at radius 1 is 1.19 bits per heavy atom. The standard InChI is InChI=1S/C19H22ClN3O3/c1-5-21-17(24)13-7-6-12(4)16(9-13)23-18(25)14-8-15(20)19(22-10-14)26-11(2)3/h6-11H,5H2,1-4H3,(H,21,24)(H,23,25). The number of halogens is 1. The molecule has 26 heavy (non-hydrogen) atoms. The van der Waals surface area contributed by atoms with Crippen LogP contribution >= 0.6 is 11.6 Å². The Labute approximate surface area is 157 Å². The predicted octanol–water partition coefficient (Wildman–Crippen LogP) is 3.83. The van der Waals surface area contributed by atoms with Crippen LogP contribution in [-0.4, -0.2) is 29.4 Å². The maximum Gasteiger partial charge on any atom is 0.257 e. The molecule has 1 heterocycles. The molecule has 1 aromatic carbocycles. The van der Waals surface area contributed by atoms with Crippen molar-refractivity contribution in [2.45, 2.75) is 33.8 Å². The Kier molecular flexibility index (Phi) is 6.58. The summed E-state index contributed by atoms with van der Waals surface area (Å²) in [5, 5.41) is 5.79. The van der Waals surface area contributed by atoms with Gasteiger partial charge in [0.05, 0.1) is 11.7 Å². The Morgan fingerprint density at radius 3 is 2.54 bits per heavy atom. The molecular formula is C19H22ClN3O3. The normalized spacial score (nSPS) is 10.5. The van der Waals surface area contributed by atoms with Crippen LogP contribution in [0.2, 0.25) is 5.02 Å². The van der Waals surface area contributed by atoms with Crippen LogP contribution in [0.1, 0.15) is 47.1 Å². The van der Waals surface area contributed by atoms with E-state index < -0.39 is 0 Å². The maximum atomic E-state index is 12.5. The van der Waals surface area contributed by atoms with E-state index in [4.69, 9.17) is 16.3 Å². The number of hydrogen-bond acceptors (Lipinski definition) is 4. The monoisotopic (exact) mass is 375 g/mol. The number of nitrogens with zero attached hydrogens (tertiary/aromatic N) is 1. The number of nitrogens with one attached hydrogen (secondary N) is 2. The molecule has 2 N–H and O–H groups in total. The third-order valence-corrected chi connectivity index (χ3v) is 3.77. The second kappa shape index (κ2) is 8.67. The van der Waals surface area contributed by atoms with Crippen LogP contribution < -0.4 is 15.4 Å². The topological polar surface area (TPSA) is 80.3 Å². The van der Waals surface area contributed by atoms with Gasteiger partial charge in [-0.25, -0.2) is 4.98 Å². The third kappa shape index (κ3) is 4.95. The third-order valence-electron chi connectivity index (χ3n) is 3.50. The lowest BCUT2D eigenvalue weighted by Crippen LogP contribution is -2.23. The molecule has 0 fully saturated rings. The summed E-state index contributed by atoms with van der Waals surface area (Å²) in [6, 6.07) is 6.64. The summed E-state index contributed by atoms with van der Waals surface area (Å²) < 4.78 is 5.46. The lowest BCUT2D eigenvalue weighted by Gasteiger charge is -2.12. The second-order valence-electron chi connectivity index (χ2n) is 6.02. The molecule has 7 heteroatoms. The van der Waals surface area contributed by atoms with Crippen LogP contribution in [-0.2, 0) is 0 Å². The molecule has 0 aliphatic carbocycles. The smallest absolute Gasteiger partial charge is 0.257 e. The van der Waals surface area contributed by atoms with Gasteiger partial charge in [-0.3, -0.25) is 9.59 Å². The zero-order valence-electron chi connectivity index (χ0n) is 15.2. The molecule has 0 saturated heterocycles. The first-order valence-electron chi connectivity index (χ1n) is 8.34. The number of ether oxygens (including phenoxy) is 1. The van der Waals surface area contributed by atoms with E-state index in [9.17, 15) is 9.59 Å². The van der Waals surface area contributed by atoms with Crippen molar-refractivity contribution < 1.29 is 14.3 Å². The number of amides is 2. The second-order valence-corrected chi connectivity index (χ2v) is 6.43. The first-order chi connectivity index (χ1) is 12.3. The van der Waals surface area contributed by atoms with E-state index in [1.807, 2.05) is 27.7 Å². The fourth-order valence-corrected chi connectivity index (χ4v) is 2.43. The van der Waals surface area contributed by atoms with Gasteiger partial charge in [-0.2, -0.15) is 0 Å². The summed E-state index contributed by atoms with van der Waals surface area (Å²) in [6.07, 6.45) is 1.33. The van der Waals surface area contributed by atoms with Gasteiger partial charge in [-0.05, 0) is 51.5 Å². The largest absolute Gasteiger partial charge is 0.474 e. The molecule has 0 aliphatic rings. The van der Waals surface area contributed by atoms with E-state index in [-0.39, 0.29) is 28.8 Å². The summed E-state index contributed by atoms with van der Waals surface area (Å²) >= 11 is 6.13. The SMILES string of the molecule is CCNC(=O)c1ccc(C)c(NC(=O)c2cnc(OC(C)C)c(Cl)c2)c1. The highest BCUT2D eigenvalue weighted by molar-refractivity contribution is 6.32. The van der Waals surface area contributed by atoms with Crippen LogP contribution in [0, 0.1) is 6.92 Å². The van der Waals surface area contributed by atoms with Crippen molar-refractivity contribution in [1.82, 2.24) is 10.3 Å². The summed E-state index contributed by atoms with van der Waals surface area (Å²) in [7, 11) is 0. The zero-order valence-corrected chi connectivity index (χ0v) is 16.0. The fraction of sp³-hybridized carbons (Fsp3) is 0.316. The summed E-state index contributed by atoms with van der Waals surface area (Å²) in [4.78, 5) is 28.6. The van der Waals surface area contributed by atoms with E-state index in [0.717, 1.165) is 5.56 Å². The fourth-order valence-electron chi connectivity index (χ4n) is 2.21. The molecule has 2 aromatic rings. The number of anilines is 1. The molecular weight excluding hydrogens is 354 g/mol. The summed E-state index contributed by atoms with van der Waals surface area (Å²) in [5.74, 6) is -0.276. The van der Waals surface area contributed by atoms with Gasteiger partial charge in [0.2, 0.25) is 5.88 Å². The van der Waals surface area contributed by atoms with Gasteiger partial charge in [0.1, 0.15) is 5.02 Å². The minimum atomic E-state index is -0.369. The quantitative estimate of drug-likeness (QED) is 0.804. The van der Waals surface area contributed by atoms with Crippen molar-refractivity contribution in [3.63, 3.8) is 0 Å². The molecule has 0 unspecified atom stereocenters. The predicted molar refractivity (Wildman–Crippen MR) is 102 cm³/mol. The minimum absolute atomic E-state index is 0.0701. The lowest BCUT2D eigenvalue weighted by atomic mass is 10.1. The van der Waals surface area contributed by atoms with Crippen LogP contribution in [0.3, 0.4) is 0 Å². The number of aryl methyl sites for hydroxylation is 1. The lowest BCUT2D eigenvalue weighted by molar-refractivity contribution is 0.0954. The molecule has 0 radical (unpaired) electrons. The number of benzene rings is 1. The van der Waals surface area contributed by atoms with E-state index in [2.05, 4.69) is 15.6 Å². The number of pyridine rings is 1. The Balaban J connectivity index is 2.20. The van der Waals surface area contributed by atoms with Gasteiger partial charge in [0.25, 0.3) is 11.8 Å². The highest BCUT2D eigenvalue weighted by Crippen LogP contribution is 2.24. The van der Waals surface area contributed by atoms with Crippen molar-refractivity contribution in [1.29, 1.82) is 0 Å². The van der Waals surface area contributed by atoms with Crippen LogP contribution in [0.4, 0.5) is 5.69 Å². The number of aromatic nitrogens is 1. The van der Waals surface area contributed by atoms with Crippen molar-refractivity contribution in [3.05, 3.63) is 52.2 Å². The van der Waals surface area contributed by atoms with Gasteiger partial charge in [0.15, 0.2) is 0 Å². The highest BCUT2D eigenvalue weighted by Gasteiger charge is 2.14. The van der Waals surface area contributed by atoms with E-state index >= 15 is 0 Å². The molecule has 0 saturated carbocycles. The Hall–Kier alpha value is -2.60. The number of carbonyl (C=O) groups is 2. The van der Waals surface area contributed by atoms with Gasteiger partial charge >= 0.3 is 0 Å². The molecule has 6 nitrogen and oxygen atoms in total. The Bertz CT molecular complexity index is 822. The van der Waals surface area contributed by atoms with Gasteiger partial charge in [-0.15, -0.1) is 0 Å². The number of carbonyl (C=O) groups excluding carboxylic acids is 2. The summed E-state index contributed by atoms with van der Waals surface area (Å²) in [6.45, 7) is 7.95. The van der Waals surface area contributed by atoms with Crippen LogP contribution in [0.5, 0.6) is 5.88 Å². The molecule has 2 amide bonds. The zero-order chi connectivity index (χ0) is 19.3. The van der Waals surface area contributed by atoms with Crippen molar-refractivity contribution in [2.75, 3.05) is 11.9 Å². The van der Waals surface area contributed by atoms with E-state index in [0.29, 0.717) is 23.4 Å². The average molecular weight is 376 g/mol. The molecule has 1 aromatic heterocycles. The molecule has 138 valence electrons. The Morgan fingerprint density at radius 2 is 1.92 bits per heavy atom. The van der Waals surface area contributed by atoms with Crippen molar-refractivity contribution in [2.24, 2.45) is 0 Å². The van der Waals surface area contributed by atoms with Gasteiger partial charge < -0.3 is 15.4 Å². The van der Waals surface area contributed by atoms with Crippen LogP contribution in [0.25, 0.3) is 0 Å². The first-order valence-corrected chi connectivity index (χ1v) is 8.72. The molecule has 0 spiro atoms. The molecule has 0 aliphatic heterocycles. The van der Waals surface area contributed by atoms with Gasteiger partial charge in [-0.1, -0.05) is 17.7 Å². The number of rotatable bonds is 6. The van der Waals surface area contributed by atoms with Crippen LogP contribution in [0.15, 0.2) is 30.5 Å². The maximum absolute atomic E-state index is 12.5. The van der Waals surface area contributed by atoms with Crippen molar-refractivity contribution in [3.8, 4) is 5.88 Å². The minimum Gasteiger partial charge on any atom is -0.474 e. The average Bonchev–Trinajstić information content (AvgIpc) is 2.58. The number of hydrogen-bond donors (Lipinski definition) is 2. The first kappa shape index (κ1) is 19.7. The highest BCUT2D eigenvalue weighted by atomic mass is 35.5. The molecule has 2 rings (SSSR count). The molecule has 0 atom stereocenters. The van der Waals surface area contributed by atoms with Gasteiger partial charge in [0, 0.05) is 24.0 Å².